The standard InChI is InChI=1S/C16H24N2O4S/c1-12-5-6-13(15(19)17-16(2,3)4)11-14(12)23(20,21)18-7-9-22-10-8-18/h5-6,11H,7-10H2,1-4H3,(H,17,19). The number of benzene rings is 1. The highest BCUT2D eigenvalue weighted by Crippen LogP contribution is 2.22. The Labute approximate surface area is 137 Å². The van der Waals surface area contributed by atoms with Gasteiger partial charge in [-0.05, 0) is 45.4 Å². The molecule has 7 heteroatoms. The Morgan fingerprint density at radius 2 is 1.83 bits per heavy atom. The van der Waals surface area contributed by atoms with E-state index < -0.39 is 10.0 Å². The van der Waals surface area contributed by atoms with Gasteiger partial charge in [0, 0.05) is 24.2 Å². The van der Waals surface area contributed by atoms with Crippen molar-refractivity contribution in [2.75, 3.05) is 26.3 Å². The van der Waals surface area contributed by atoms with E-state index in [0.29, 0.717) is 37.4 Å². The number of morpholine rings is 1. The summed E-state index contributed by atoms with van der Waals surface area (Å²) >= 11 is 0. The molecule has 1 saturated heterocycles. The van der Waals surface area contributed by atoms with Crippen LogP contribution in [0.15, 0.2) is 23.1 Å². The number of hydrogen-bond acceptors (Lipinski definition) is 4. The fraction of sp³-hybridized carbons (Fsp3) is 0.562. The number of nitrogens with zero attached hydrogens (tertiary/aromatic N) is 1. The van der Waals surface area contributed by atoms with E-state index in [4.69, 9.17) is 4.74 Å². The summed E-state index contributed by atoms with van der Waals surface area (Å²) in [5, 5.41) is 2.85. The number of ether oxygens (including phenoxy) is 1. The van der Waals surface area contributed by atoms with Crippen molar-refractivity contribution in [1.29, 1.82) is 0 Å². The minimum absolute atomic E-state index is 0.181. The number of carbonyl (C=O) groups is 1. The molecule has 6 nitrogen and oxygen atoms in total. The van der Waals surface area contributed by atoms with E-state index in [2.05, 4.69) is 5.32 Å². The maximum atomic E-state index is 12.8. The number of nitrogens with one attached hydrogen (secondary N) is 1. The number of sulfonamides is 1. The molecule has 1 N–H and O–H groups in total. The molecular weight excluding hydrogens is 316 g/mol. The molecule has 1 fully saturated rings. The van der Waals surface area contributed by atoms with E-state index in [9.17, 15) is 13.2 Å². The molecule has 1 aromatic rings. The molecule has 1 heterocycles. The van der Waals surface area contributed by atoms with Gasteiger partial charge in [-0.2, -0.15) is 4.31 Å². The van der Waals surface area contributed by atoms with Crippen molar-refractivity contribution in [2.24, 2.45) is 0 Å². The molecule has 0 aromatic heterocycles. The highest BCUT2D eigenvalue weighted by atomic mass is 32.2. The Morgan fingerprint density at radius 3 is 2.39 bits per heavy atom. The first-order chi connectivity index (χ1) is 10.6. The first-order valence-corrected chi connectivity index (χ1v) is 9.06. The molecule has 0 saturated carbocycles. The summed E-state index contributed by atoms with van der Waals surface area (Å²) in [4.78, 5) is 12.5. The molecule has 0 spiro atoms. The molecule has 128 valence electrons. The van der Waals surface area contributed by atoms with E-state index >= 15 is 0 Å². The smallest absolute Gasteiger partial charge is 0.251 e. The summed E-state index contributed by atoms with van der Waals surface area (Å²) in [5.74, 6) is -0.282. The Morgan fingerprint density at radius 1 is 1.22 bits per heavy atom. The van der Waals surface area contributed by atoms with Gasteiger partial charge in [-0.3, -0.25) is 4.79 Å². The summed E-state index contributed by atoms with van der Waals surface area (Å²) in [5.41, 5.74) is 0.590. The maximum Gasteiger partial charge on any atom is 0.251 e. The molecule has 0 aliphatic carbocycles. The largest absolute Gasteiger partial charge is 0.379 e. The third-order valence-corrected chi connectivity index (χ3v) is 5.57. The van der Waals surface area contributed by atoms with Crippen molar-refractivity contribution in [3.63, 3.8) is 0 Å². The minimum atomic E-state index is -3.62. The normalized spacial score (nSPS) is 17.0. The quantitative estimate of drug-likeness (QED) is 0.906. The van der Waals surface area contributed by atoms with Crippen molar-refractivity contribution >= 4 is 15.9 Å². The lowest BCUT2D eigenvalue weighted by Gasteiger charge is -2.27. The minimum Gasteiger partial charge on any atom is -0.379 e. The summed E-state index contributed by atoms with van der Waals surface area (Å²) in [7, 11) is -3.62. The van der Waals surface area contributed by atoms with Crippen LogP contribution in [0, 0.1) is 6.92 Å². The molecule has 1 amide bonds. The van der Waals surface area contributed by atoms with Crippen molar-refractivity contribution in [3.8, 4) is 0 Å². The van der Waals surface area contributed by atoms with Gasteiger partial charge in [0.1, 0.15) is 0 Å². The third-order valence-electron chi connectivity index (χ3n) is 3.53. The molecule has 0 bridgehead atoms. The van der Waals surface area contributed by atoms with Gasteiger partial charge in [-0.25, -0.2) is 8.42 Å². The van der Waals surface area contributed by atoms with Crippen LogP contribution in [0.1, 0.15) is 36.7 Å². The summed E-state index contributed by atoms with van der Waals surface area (Å²) in [6.07, 6.45) is 0. The molecule has 2 rings (SSSR count). The summed E-state index contributed by atoms with van der Waals surface area (Å²) in [6.45, 7) is 8.82. The van der Waals surface area contributed by atoms with E-state index in [1.165, 1.54) is 10.4 Å². The van der Waals surface area contributed by atoms with Gasteiger partial charge in [0.05, 0.1) is 18.1 Å². The number of hydrogen-bond donors (Lipinski definition) is 1. The Kier molecular flexibility index (Phi) is 5.13. The average molecular weight is 340 g/mol. The maximum absolute atomic E-state index is 12.8. The fourth-order valence-electron chi connectivity index (χ4n) is 2.36. The number of rotatable bonds is 3. The fourth-order valence-corrected chi connectivity index (χ4v) is 4.02. The van der Waals surface area contributed by atoms with Crippen molar-refractivity contribution in [2.45, 2.75) is 38.1 Å². The van der Waals surface area contributed by atoms with E-state index in [1.54, 1.807) is 19.1 Å². The summed E-state index contributed by atoms with van der Waals surface area (Å²) in [6, 6.07) is 4.78. The lowest BCUT2D eigenvalue weighted by Crippen LogP contribution is -2.41. The number of amides is 1. The topological polar surface area (TPSA) is 75.7 Å². The monoisotopic (exact) mass is 340 g/mol. The highest BCUT2D eigenvalue weighted by molar-refractivity contribution is 7.89. The van der Waals surface area contributed by atoms with Crippen LogP contribution in [0.25, 0.3) is 0 Å². The Hall–Kier alpha value is -1.44. The molecule has 23 heavy (non-hydrogen) atoms. The molecule has 1 aliphatic heterocycles. The third kappa shape index (κ3) is 4.31. The summed E-state index contributed by atoms with van der Waals surface area (Å²) < 4.78 is 32.2. The second-order valence-corrected chi connectivity index (χ2v) is 8.61. The van der Waals surface area contributed by atoms with Crippen LogP contribution in [-0.2, 0) is 14.8 Å². The van der Waals surface area contributed by atoms with E-state index in [1.807, 2.05) is 20.8 Å². The van der Waals surface area contributed by atoms with Gasteiger partial charge < -0.3 is 10.1 Å². The SMILES string of the molecule is Cc1ccc(C(=O)NC(C)(C)C)cc1S(=O)(=O)N1CCOCC1. The van der Waals surface area contributed by atoms with Crippen molar-refractivity contribution in [1.82, 2.24) is 9.62 Å². The van der Waals surface area contributed by atoms with Crippen LogP contribution in [0.4, 0.5) is 0 Å². The van der Waals surface area contributed by atoms with Gasteiger partial charge in [0.25, 0.3) is 5.91 Å². The van der Waals surface area contributed by atoms with Crippen LogP contribution in [0.3, 0.4) is 0 Å². The molecule has 1 aliphatic rings. The molecule has 0 radical (unpaired) electrons. The van der Waals surface area contributed by atoms with Gasteiger partial charge >= 0.3 is 0 Å². The second-order valence-electron chi connectivity index (χ2n) is 6.70. The zero-order valence-corrected chi connectivity index (χ0v) is 14.9. The number of aryl methyl sites for hydroxylation is 1. The Bertz CT molecular complexity index is 687. The van der Waals surface area contributed by atoms with Crippen LogP contribution in [0.5, 0.6) is 0 Å². The van der Waals surface area contributed by atoms with Crippen molar-refractivity contribution < 1.29 is 17.9 Å². The molecule has 0 atom stereocenters. The molecular formula is C16H24N2O4S. The van der Waals surface area contributed by atoms with Gasteiger partial charge in [0.15, 0.2) is 0 Å². The predicted molar refractivity (Wildman–Crippen MR) is 88.0 cm³/mol. The first kappa shape index (κ1) is 17.9. The van der Waals surface area contributed by atoms with Gasteiger partial charge in [-0.1, -0.05) is 6.07 Å². The average Bonchev–Trinajstić information content (AvgIpc) is 2.46. The molecule has 0 unspecified atom stereocenters. The lowest BCUT2D eigenvalue weighted by atomic mass is 10.1. The van der Waals surface area contributed by atoms with Crippen LogP contribution >= 0.6 is 0 Å². The van der Waals surface area contributed by atoms with Gasteiger partial charge in [-0.15, -0.1) is 0 Å². The highest BCUT2D eigenvalue weighted by Gasteiger charge is 2.28. The lowest BCUT2D eigenvalue weighted by molar-refractivity contribution is 0.0730. The zero-order chi connectivity index (χ0) is 17.3. The zero-order valence-electron chi connectivity index (χ0n) is 14.0. The first-order valence-electron chi connectivity index (χ1n) is 7.62. The number of carbonyl (C=O) groups excluding carboxylic acids is 1. The van der Waals surface area contributed by atoms with E-state index in [0.717, 1.165) is 0 Å². The van der Waals surface area contributed by atoms with Crippen LogP contribution in [0.2, 0.25) is 0 Å². The Balaban J connectivity index is 2.35. The van der Waals surface area contributed by atoms with Gasteiger partial charge in [0.2, 0.25) is 10.0 Å². The van der Waals surface area contributed by atoms with Crippen molar-refractivity contribution in [3.05, 3.63) is 29.3 Å². The molecule has 1 aromatic carbocycles. The van der Waals surface area contributed by atoms with Crippen LogP contribution < -0.4 is 5.32 Å². The van der Waals surface area contributed by atoms with E-state index in [-0.39, 0.29) is 16.3 Å². The predicted octanol–water partition coefficient (Wildman–Crippen LogP) is 1.54. The van der Waals surface area contributed by atoms with Crippen LogP contribution in [-0.4, -0.2) is 50.5 Å². The second kappa shape index (κ2) is 6.59.